The highest BCUT2D eigenvalue weighted by atomic mass is 32.2. The van der Waals surface area contributed by atoms with Crippen LogP contribution in [0.4, 0.5) is 0 Å². The van der Waals surface area contributed by atoms with Crippen LogP contribution in [0.1, 0.15) is 44.6 Å². The van der Waals surface area contributed by atoms with Crippen molar-refractivity contribution in [3.05, 3.63) is 35.9 Å². The van der Waals surface area contributed by atoms with Crippen LogP contribution in [-0.4, -0.2) is 30.6 Å². The number of unbranched alkanes of at least 4 members (excludes halogenated alkanes) is 1. The van der Waals surface area contributed by atoms with E-state index < -0.39 is 10.0 Å². The normalized spacial score (nSPS) is 26.6. The number of hydrogen-bond donors (Lipinski definition) is 0. The fourth-order valence-electron chi connectivity index (χ4n) is 3.33. The molecule has 1 aromatic rings. The summed E-state index contributed by atoms with van der Waals surface area (Å²) in [6.07, 6.45) is 1.55. The van der Waals surface area contributed by atoms with Gasteiger partial charge in [-0.05, 0) is 32.3 Å². The van der Waals surface area contributed by atoms with Crippen LogP contribution in [0, 0.1) is 11.3 Å². The molecule has 114 valence electrons. The van der Waals surface area contributed by atoms with Crippen molar-refractivity contribution in [3.8, 4) is 6.07 Å². The molecule has 1 saturated heterocycles. The molecule has 1 fully saturated rings. The van der Waals surface area contributed by atoms with Crippen LogP contribution in [0.2, 0.25) is 0 Å². The highest BCUT2D eigenvalue weighted by molar-refractivity contribution is 7.89. The van der Waals surface area contributed by atoms with Crippen molar-refractivity contribution in [1.82, 2.24) is 4.31 Å². The molecular formula is C16H22N2O2S. The lowest BCUT2D eigenvalue weighted by Crippen LogP contribution is -2.40. The van der Waals surface area contributed by atoms with E-state index in [9.17, 15) is 8.42 Å². The number of nitrogens with zero attached hydrogens (tertiary/aromatic N) is 2. The van der Waals surface area contributed by atoms with Crippen LogP contribution >= 0.6 is 0 Å². The van der Waals surface area contributed by atoms with Crippen molar-refractivity contribution in [1.29, 1.82) is 5.26 Å². The Morgan fingerprint density at radius 3 is 2.57 bits per heavy atom. The highest BCUT2D eigenvalue weighted by Gasteiger charge is 2.42. The van der Waals surface area contributed by atoms with Gasteiger partial charge in [0, 0.05) is 24.4 Å². The Hall–Kier alpha value is -1.38. The Kier molecular flexibility index (Phi) is 5.02. The first-order valence-electron chi connectivity index (χ1n) is 7.40. The Balaban J connectivity index is 2.17. The second kappa shape index (κ2) is 6.59. The standard InChI is InChI=1S/C16H22N2O2S/c1-13-12-16(15-8-4-3-5-9-15)14(2)18(13)21(19,20)11-7-6-10-17/h3-5,8-9,13-14,16H,6-7,11-12H2,1-2H3/t13-,14-,16+/m1/s1. The van der Waals surface area contributed by atoms with Gasteiger partial charge < -0.3 is 0 Å². The molecule has 1 aromatic carbocycles. The summed E-state index contributed by atoms with van der Waals surface area (Å²) >= 11 is 0. The minimum atomic E-state index is -3.29. The van der Waals surface area contributed by atoms with Crippen molar-refractivity contribution in [3.63, 3.8) is 0 Å². The van der Waals surface area contributed by atoms with Crippen molar-refractivity contribution in [2.45, 2.75) is 51.1 Å². The van der Waals surface area contributed by atoms with E-state index in [4.69, 9.17) is 5.26 Å². The van der Waals surface area contributed by atoms with E-state index in [1.54, 1.807) is 4.31 Å². The molecule has 1 aliphatic heterocycles. The second-order valence-electron chi connectivity index (χ2n) is 5.75. The van der Waals surface area contributed by atoms with Crippen molar-refractivity contribution < 1.29 is 8.42 Å². The molecule has 0 saturated carbocycles. The third-order valence-corrected chi connectivity index (χ3v) is 6.39. The van der Waals surface area contributed by atoms with Crippen molar-refractivity contribution in [2.75, 3.05) is 5.75 Å². The number of sulfonamides is 1. The van der Waals surface area contributed by atoms with Gasteiger partial charge in [-0.15, -0.1) is 0 Å². The summed E-state index contributed by atoms with van der Waals surface area (Å²) < 4.78 is 26.7. The van der Waals surface area contributed by atoms with Crippen LogP contribution in [0.3, 0.4) is 0 Å². The number of nitriles is 1. The first-order valence-corrected chi connectivity index (χ1v) is 9.01. The van der Waals surface area contributed by atoms with E-state index in [1.165, 1.54) is 5.56 Å². The van der Waals surface area contributed by atoms with Gasteiger partial charge in [0.25, 0.3) is 0 Å². The lowest BCUT2D eigenvalue weighted by atomic mass is 9.92. The van der Waals surface area contributed by atoms with Crippen molar-refractivity contribution >= 4 is 10.0 Å². The summed E-state index contributed by atoms with van der Waals surface area (Å²) in [5, 5.41) is 8.56. The van der Waals surface area contributed by atoms with E-state index in [-0.39, 0.29) is 30.2 Å². The second-order valence-corrected chi connectivity index (χ2v) is 7.74. The van der Waals surface area contributed by atoms with Crippen molar-refractivity contribution in [2.24, 2.45) is 0 Å². The highest BCUT2D eigenvalue weighted by Crippen LogP contribution is 2.39. The molecule has 0 aromatic heterocycles. The first-order chi connectivity index (χ1) is 9.97. The SMILES string of the molecule is C[C@@H]1C[C@H](c2ccccc2)[C@@H](C)N1S(=O)(=O)CCCC#N. The maximum Gasteiger partial charge on any atom is 0.214 e. The van der Waals surface area contributed by atoms with Gasteiger partial charge in [-0.25, -0.2) is 8.42 Å². The summed E-state index contributed by atoms with van der Waals surface area (Å²) in [7, 11) is -3.29. The van der Waals surface area contributed by atoms with Crippen LogP contribution in [0.15, 0.2) is 30.3 Å². The largest absolute Gasteiger partial charge is 0.214 e. The topological polar surface area (TPSA) is 61.2 Å². The van der Waals surface area contributed by atoms with Crippen LogP contribution in [0.25, 0.3) is 0 Å². The monoisotopic (exact) mass is 306 g/mol. The molecule has 0 bridgehead atoms. The van der Waals surface area contributed by atoms with Gasteiger partial charge in [-0.2, -0.15) is 9.57 Å². The number of hydrogen-bond acceptors (Lipinski definition) is 3. The minimum Gasteiger partial charge on any atom is -0.212 e. The predicted octanol–water partition coefficient (Wildman–Crippen LogP) is 2.89. The van der Waals surface area contributed by atoms with E-state index in [0.29, 0.717) is 6.42 Å². The molecule has 0 spiro atoms. The maximum atomic E-state index is 12.5. The Labute approximate surface area is 127 Å². The molecule has 0 aliphatic carbocycles. The summed E-state index contributed by atoms with van der Waals surface area (Å²) in [6, 6.07) is 12.1. The van der Waals surface area contributed by atoms with E-state index >= 15 is 0 Å². The zero-order valence-electron chi connectivity index (χ0n) is 12.6. The number of rotatable bonds is 5. The Morgan fingerprint density at radius 1 is 1.29 bits per heavy atom. The van der Waals surface area contributed by atoms with E-state index in [1.807, 2.05) is 38.1 Å². The summed E-state index contributed by atoms with van der Waals surface area (Å²) in [5.74, 6) is 0.309. The Morgan fingerprint density at radius 2 is 1.95 bits per heavy atom. The average Bonchev–Trinajstić information content (AvgIpc) is 2.75. The molecule has 4 nitrogen and oxygen atoms in total. The molecule has 0 unspecified atom stereocenters. The molecule has 21 heavy (non-hydrogen) atoms. The fraction of sp³-hybridized carbons (Fsp3) is 0.562. The zero-order valence-corrected chi connectivity index (χ0v) is 13.4. The fourth-order valence-corrected chi connectivity index (χ4v) is 5.34. The van der Waals surface area contributed by atoms with Gasteiger partial charge in [0.05, 0.1) is 11.8 Å². The van der Waals surface area contributed by atoms with Gasteiger partial charge in [0.1, 0.15) is 0 Å². The first kappa shape index (κ1) is 16.0. The summed E-state index contributed by atoms with van der Waals surface area (Å²) in [6.45, 7) is 3.96. The van der Waals surface area contributed by atoms with Gasteiger partial charge in [0.2, 0.25) is 10.0 Å². The van der Waals surface area contributed by atoms with Gasteiger partial charge >= 0.3 is 0 Å². The number of benzene rings is 1. The lowest BCUT2D eigenvalue weighted by Gasteiger charge is -2.27. The average molecular weight is 306 g/mol. The van der Waals surface area contributed by atoms with E-state index in [0.717, 1.165) is 6.42 Å². The molecule has 2 rings (SSSR count). The Bertz CT molecular complexity index is 607. The summed E-state index contributed by atoms with van der Waals surface area (Å²) in [4.78, 5) is 0. The maximum absolute atomic E-state index is 12.5. The molecule has 3 atom stereocenters. The predicted molar refractivity (Wildman–Crippen MR) is 83.2 cm³/mol. The molecule has 0 amide bonds. The van der Waals surface area contributed by atoms with Crippen LogP contribution in [0.5, 0.6) is 0 Å². The lowest BCUT2D eigenvalue weighted by molar-refractivity contribution is 0.343. The third kappa shape index (κ3) is 3.45. The third-order valence-electron chi connectivity index (χ3n) is 4.25. The van der Waals surface area contributed by atoms with E-state index in [2.05, 4.69) is 12.1 Å². The minimum absolute atomic E-state index is 0.0114. The summed E-state index contributed by atoms with van der Waals surface area (Å²) in [5.41, 5.74) is 1.20. The smallest absolute Gasteiger partial charge is 0.212 e. The molecule has 0 radical (unpaired) electrons. The zero-order chi connectivity index (χ0) is 15.5. The molecule has 0 N–H and O–H groups in total. The molecular weight excluding hydrogens is 284 g/mol. The van der Waals surface area contributed by atoms with Gasteiger partial charge in [-0.3, -0.25) is 0 Å². The van der Waals surface area contributed by atoms with Crippen LogP contribution < -0.4 is 0 Å². The molecule has 1 heterocycles. The van der Waals surface area contributed by atoms with Crippen LogP contribution in [-0.2, 0) is 10.0 Å². The molecule has 1 aliphatic rings. The molecule has 5 heteroatoms. The quantitative estimate of drug-likeness (QED) is 0.786. The van der Waals surface area contributed by atoms with Gasteiger partial charge in [0.15, 0.2) is 0 Å². The van der Waals surface area contributed by atoms with Gasteiger partial charge in [-0.1, -0.05) is 30.3 Å².